The minimum absolute atomic E-state index is 0.0103. The van der Waals surface area contributed by atoms with Crippen molar-refractivity contribution in [2.75, 3.05) is 0 Å². The van der Waals surface area contributed by atoms with Crippen molar-refractivity contribution in [2.45, 2.75) is 57.4 Å². The van der Waals surface area contributed by atoms with Crippen LogP contribution in [0.1, 0.15) is 71.5 Å². The molecule has 4 nitrogen and oxygen atoms in total. The highest BCUT2D eigenvalue weighted by atomic mass is 19.1. The van der Waals surface area contributed by atoms with Gasteiger partial charge in [-0.3, -0.25) is 9.59 Å². The molecule has 2 aromatic rings. The normalized spacial score (nSPS) is 26.1. The summed E-state index contributed by atoms with van der Waals surface area (Å²) in [6, 6.07) is 11.4. The second-order valence-electron chi connectivity index (χ2n) is 8.54. The Morgan fingerprint density at radius 3 is 2.71 bits per heavy atom. The molecule has 2 bridgehead atoms. The second-order valence-corrected chi connectivity index (χ2v) is 8.54. The number of halogens is 1. The van der Waals surface area contributed by atoms with Crippen molar-refractivity contribution in [3.05, 3.63) is 65.2 Å². The van der Waals surface area contributed by atoms with E-state index in [4.69, 9.17) is 0 Å². The van der Waals surface area contributed by atoms with Gasteiger partial charge in [0.25, 0.3) is 5.91 Å². The van der Waals surface area contributed by atoms with E-state index >= 15 is 0 Å². The Hall–Kier alpha value is -2.56. The summed E-state index contributed by atoms with van der Waals surface area (Å²) in [5.41, 5.74) is 1.33. The SMILES string of the molecule is Cc1cccc(C(=O)NC23CCCC(CC(=O)c4cccc(F)c4)(CC2)C3)n1. The molecule has 5 heteroatoms. The van der Waals surface area contributed by atoms with E-state index in [1.807, 2.05) is 19.1 Å². The fourth-order valence-electron chi connectivity index (χ4n) is 5.12. The monoisotopic (exact) mass is 380 g/mol. The Balaban J connectivity index is 1.48. The predicted octanol–water partition coefficient (Wildman–Crippen LogP) is 4.62. The third-order valence-corrected chi connectivity index (χ3v) is 6.39. The van der Waals surface area contributed by atoms with Crippen LogP contribution in [0.5, 0.6) is 0 Å². The molecular weight excluding hydrogens is 355 g/mol. The van der Waals surface area contributed by atoms with Crippen molar-refractivity contribution in [1.29, 1.82) is 0 Å². The van der Waals surface area contributed by atoms with Crippen LogP contribution in [0, 0.1) is 18.2 Å². The molecule has 146 valence electrons. The summed E-state index contributed by atoms with van der Waals surface area (Å²) in [7, 11) is 0. The van der Waals surface area contributed by atoms with E-state index in [0.717, 1.165) is 44.2 Å². The molecule has 2 aliphatic rings. The lowest BCUT2D eigenvalue weighted by atomic mass is 9.70. The maximum atomic E-state index is 13.5. The zero-order chi connectivity index (χ0) is 19.8. The lowest BCUT2D eigenvalue weighted by Crippen LogP contribution is -2.49. The van der Waals surface area contributed by atoms with Crippen molar-refractivity contribution in [2.24, 2.45) is 5.41 Å². The van der Waals surface area contributed by atoms with Crippen LogP contribution in [0.25, 0.3) is 0 Å². The minimum atomic E-state index is -0.384. The highest BCUT2D eigenvalue weighted by Crippen LogP contribution is 2.55. The van der Waals surface area contributed by atoms with Gasteiger partial charge >= 0.3 is 0 Å². The van der Waals surface area contributed by atoms with Crippen molar-refractivity contribution < 1.29 is 14.0 Å². The largest absolute Gasteiger partial charge is 0.345 e. The summed E-state index contributed by atoms with van der Waals surface area (Å²) in [6.07, 6.45) is 5.90. The lowest BCUT2D eigenvalue weighted by molar-refractivity contribution is 0.0800. The molecule has 1 aromatic heterocycles. The van der Waals surface area contributed by atoms with E-state index in [2.05, 4.69) is 10.3 Å². The van der Waals surface area contributed by atoms with Crippen LogP contribution in [0.3, 0.4) is 0 Å². The van der Waals surface area contributed by atoms with Gasteiger partial charge in [-0.15, -0.1) is 0 Å². The van der Waals surface area contributed by atoms with Gasteiger partial charge in [0.15, 0.2) is 5.78 Å². The van der Waals surface area contributed by atoms with Crippen LogP contribution >= 0.6 is 0 Å². The standard InChI is InChI=1S/C23H25FN2O2/c1-16-5-2-8-19(25-16)21(28)26-23-10-4-9-22(15-23,11-12-23)14-20(27)17-6-3-7-18(24)13-17/h2-3,5-8,13H,4,9-12,14-15H2,1H3,(H,26,28). The number of hydrogen-bond acceptors (Lipinski definition) is 3. The van der Waals surface area contributed by atoms with Crippen LogP contribution in [-0.4, -0.2) is 22.2 Å². The summed E-state index contributed by atoms with van der Waals surface area (Å²) in [5.74, 6) is -0.535. The van der Waals surface area contributed by atoms with Crippen LogP contribution in [0.15, 0.2) is 42.5 Å². The van der Waals surface area contributed by atoms with E-state index in [1.54, 1.807) is 18.2 Å². The van der Waals surface area contributed by atoms with E-state index in [0.29, 0.717) is 17.7 Å². The van der Waals surface area contributed by atoms with Gasteiger partial charge in [-0.05, 0) is 68.7 Å². The third-order valence-electron chi connectivity index (χ3n) is 6.39. The second kappa shape index (κ2) is 7.12. The Kier molecular flexibility index (Phi) is 4.77. The van der Waals surface area contributed by atoms with E-state index in [-0.39, 0.29) is 28.5 Å². The maximum absolute atomic E-state index is 13.5. The van der Waals surface area contributed by atoms with E-state index in [9.17, 15) is 14.0 Å². The van der Waals surface area contributed by atoms with E-state index in [1.165, 1.54) is 12.1 Å². The molecule has 0 saturated heterocycles. The molecule has 0 spiro atoms. The molecule has 2 saturated carbocycles. The van der Waals surface area contributed by atoms with Gasteiger partial charge in [-0.1, -0.05) is 24.6 Å². The first-order chi connectivity index (χ1) is 13.4. The number of nitrogens with zero attached hydrogens (tertiary/aromatic N) is 1. The number of aryl methyl sites for hydroxylation is 1. The molecule has 0 radical (unpaired) electrons. The molecular formula is C23H25FN2O2. The minimum Gasteiger partial charge on any atom is -0.345 e. The van der Waals surface area contributed by atoms with Crippen LogP contribution < -0.4 is 5.32 Å². The fraction of sp³-hybridized carbons (Fsp3) is 0.435. The number of pyridine rings is 1. The number of rotatable bonds is 5. The van der Waals surface area contributed by atoms with Gasteiger partial charge in [-0.25, -0.2) is 9.37 Å². The Bertz CT molecular complexity index is 855. The molecule has 2 aliphatic carbocycles. The molecule has 0 aliphatic heterocycles. The van der Waals surface area contributed by atoms with Crippen LogP contribution in [-0.2, 0) is 0 Å². The van der Waals surface area contributed by atoms with Crippen molar-refractivity contribution in [3.8, 4) is 0 Å². The van der Waals surface area contributed by atoms with Crippen molar-refractivity contribution in [3.63, 3.8) is 0 Å². The third kappa shape index (κ3) is 3.71. The average Bonchev–Trinajstić information content (AvgIpc) is 2.91. The summed E-state index contributed by atoms with van der Waals surface area (Å²) in [4.78, 5) is 29.8. The highest BCUT2D eigenvalue weighted by molar-refractivity contribution is 5.96. The van der Waals surface area contributed by atoms with Crippen LogP contribution in [0.4, 0.5) is 4.39 Å². The predicted molar refractivity (Wildman–Crippen MR) is 105 cm³/mol. The van der Waals surface area contributed by atoms with Gasteiger partial charge in [0.1, 0.15) is 11.5 Å². The van der Waals surface area contributed by atoms with Crippen molar-refractivity contribution in [1.82, 2.24) is 10.3 Å². The van der Waals surface area contributed by atoms with Crippen molar-refractivity contribution >= 4 is 11.7 Å². The number of aromatic nitrogens is 1. The average molecular weight is 380 g/mol. The highest BCUT2D eigenvalue weighted by Gasteiger charge is 2.52. The Morgan fingerprint density at radius 2 is 1.93 bits per heavy atom. The maximum Gasteiger partial charge on any atom is 0.270 e. The van der Waals surface area contributed by atoms with Gasteiger partial charge < -0.3 is 5.32 Å². The molecule has 1 heterocycles. The fourth-order valence-corrected chi connectivity index (χ4v) is 5.12. The number of nitrogens with one attached hydrogen (secondary N) is 1. The Labute approximate surface area is 164 Å². The summed E-state index contributed by atoms with van der Waals surface area (Å²) >= 11 is 0. The molecule has 1 aromatic carbocycles. The molecule has 2 unspecified atom stereocenters. The quantitative estimate of drug-likeness (QED) is 0.770. The first-order valence-corrected chi connectivity index (χ1v) is 9.94. The van der Waals surface area contributed by atoms with Crippen LogP contribution in [0.2, 0.25) is 0 Å². The molecule has 1 amide bonds. The number of benzene rings is 1. The number of carbonyl (C=O) groups excluding carboxylic acids is 2. The summed E-state index contributed by atoms with van der Waals surface area (Å²) < 4.78 is 13.5. The molecule has 2 fully saturated rings. The van der Waals surface area contributed by atoms with Gasteiger partial charge in [0.2, 0.25) is 0 Å². The number of carbonyl (C=O) groups is 2. The first-order valence-electron chi connectivity index (χ1n) is 9.94. The number of fused-ring (bicyclic) bond motifs is 2. The summed E-state index contributed by atoms with van der Waals surface area (Å²) in [6.45, 7) is 1.87. The molecule has 28 heavy (non-hydrogen) atoms. The molecule has 2 atom stereocenters. The van der Waals surface area contributed by atoms with Gasteiger partial charge in [-0.2, -0.15) is 0 Å². The molecule has 4 rings (SSSR count). The number of ketones is 1. The first kappa shape index (κ1) is 18.8. The zero-order valence-electron chi connectivity index (χ0n) is 16.1. The number of amides is 1. The smallest absolute Gasteiger partial charge is 0.270 e. The Morgan fingerprint density at radius 1 is 1.11 bits per heavy atom. The summed E-state index contributed by atoms with van der Waals surface area (Å²) in [5, 5.41) is 3.24. The lowest BCUT2D eigenvalue weighted by Gasteiger charge is -2.39. The van der Waals surface area contributed by atoms with Gasteiger partial charge in [0, 0.05) is 23.2 Å². The number of Topliss-reactive ketones (excluding diaryl/α,β-unsaturated/α-hetero) is 1. The van der Waals surface area contributed by atoms with E-state index < -0.39 is 0 Å². The topological polar surface area (TPSA) is 59.1 Å². The zero-order valence-corrected chi connectivity index (χ0v) is 16.1. The molecule has 1 N–H and O–H groups in total. The number of hydrogen-bond donors (Lipinski definition) is 1. The van der Waals surface area contributed by atoms with Gasteiger partial charge in [0.05, 0.1) is 0 Å².